The maximum Gasteiger partial charge on any atom is 0.341 e. The first-order valence-electron chi connectivity index (χ1n) is 4.72. The molecule has 0 amide bonds. The van der Waals surface area contributed by atoms with E-state index in [4.69, 9.17) is 21.4 Å². The average molecular weight is 243 g/mol. The number of carbonyl (C=O) groups excluding carboxylic acids is 1. The molecule has 0 fully saturated rings. The smallest absolute Gasteiger partial charge is 0.341 e. The quantitative estimate of drug-likeness (QED) is 0.806. The number of ether oxygens (including phenoxy) is 1. The Bertz CT molecular complexity index is 414. The molecule has 1 aromatic rings. The van der Waals surface area contributed by atoms with Crippen LogP contribution in [0.4, 0.5) is 0 Å². The van der Waals surface area contributed by atoms with Gasteiger partial charge in [-0.2, -0.15) is 0 Å². The van der Waals surface area contributed by atoms with Crippen LogP contribution in [0.5, 0.6) is 5.75 Å². The Kier molecular flexibility index (Phi) is 4.31. The fourth-order valence-corrected chi connectivity index (χ4v) is 1.34. The number of rotatable bonds is 5. The van der Waals surface area contributed by atoms with Gasteiger partial charge in [-0.05, 0) is 18.2 Å². The van der Waals surface area contributed by atoms with Crippen LogP contribution in [0.1, 0.15) is 23.7 Å². The van der Waals surface area contributed by atoms with Crippen LogP contribution < -0.4 is 4.74 Å². The van der Waals surface area contributed by atoms with E-state index in [0.29, 0.717) is 17.0 Å². The number of benzene rings is 1. The van der Waals surface area contributed by atoms with Crippen LogP contribution in [0.15, 0.2) is 18.2 Å². The van der Waals surface area contributed by atoms with E-state index in [1.807, 2.05) is 0 Å². The molecule has 0 atom stereocenters. The van der Waals surface area contributed by atoms with Crippen molar-refractivity contribution in [1.82, 2.24) is 0 Å². The summed E-state index contributed by atoms with van der Waals surface area (Å²) in [5.74, 6) is -1.01. The van der Waals surface area contributed by atoms with Gasteiger partial charge in [-0.1, -0.05) is 18.5 Å². The molecule has 16 heavy (non-hydrogen) atoms. The summed E-state index contributed by atoms with van der Waals surface area (Å²) >= 11 is 5.74. The fourth-order valence-electron chi connectivity index (χ4n) is 1.18. The second-order valence-corrected chi connectivity index (χ2v) is 3.54. The summed E-state index contributed by atoms with van der Waals surface area (Å²) in [6, 6.07) is 4.54. The van der Waals surface area contributed by atoms with Gasteiger partial charge in [0, 0.05) is 11.4 Å². The van der Waals surface area contributed by atoms with Crippen molar-refractivity contribution in [3.05, 3.63) is 28.8 Å². The number of aliphatic carboxylic acids is 1. The van der Waals surface area contributed by atoms with E-state index >= 15 is 0 Å². The molecule has 0 aliphatic carbocycles. The molecule has 0 saturated heterocycles. The third kappa shape index (κ3) is 3.24. The molecule has 0 unspecified atom stereocenters. The van der Waals surface area contributed by atoms with Crippen LogP contribution in [0, 0.1) is 0 Å². The molecule has 0 heterocycles. The monoisotopic (exact) mass is 242 g/mol. The Morgan fingerprint density at radius 3 is 2.69 bits per heavy atom. The largest absolute Gasteiger partial charge is 0.481 e. The van der Waals surface area contributed by atoms with Crippen LogP contribution >= 0.6 is 11.6 Å². The predicted octanol–water partition coefficient (Wildman–Crippen LogP) is 2.40. The van der Waals surface area contributed by atoms with Crippen molar-refractivity contribution in [3.8, 4) is 5.75 Å². The highest BCUT2D eigenvalue weighted by Gasteiger charge is 2.12. The first-order valence-corrected chi connectivity index (χ1v) is 5.09. The topological polar surface area (TPSA) is 63.6 Å². The van der Waals surface area contributed by atoms with Crippen molar-refractivity contribution in [3.63, 3.8) is 0 Å². The van der Waals surface area contributed by atoms with E-state index in [0.717, 1.165) is 0 Å². The lowest BCUT2D eigenvalue weighted by Gasteiger charge is -2.08. The first-order chi connectivity index (χ1) is 7.54. The van der Waals surface area contributed by atoms with Gasteiger partial charge < -0.3 is 9.84 Å². The Morgan fingerprint density at radius 1 is 1.44 bits per heavy atom. The molecule has 4 nitrogen and oxygen atoms in total. The van der Waals surface area contributed by atoms with Crippen LogP contribution in [0.3, 0.4) is 0 Å². The molecule has 0 aliphatic heterocycles. The van der Waals surface area contributed by atoms with Gasteiger partial charge in [0.15, 0.2) is 12.4 Å². The van der Waals surface area contributed by atoms with E-state index in [2.05, 4.69) is 0 Å². The van der Waals surface area contributed by atoms with E-state index in [9.17, 15) is 9.59 Å². The Hall–Kier alpha value is -1.55. The van der Waals surface area contributed by atoms with Gasteiger partial charge in [0.25, 0.3) is 0 Å². The Labute approximate surface area is 97.8 Å². The Balaban J connectivity index is 2.98. The number of Topliss-reactive ketones (excluding diaryl/α,β-unsaturated/α-hetero) is 1. The molecule has 1 N–H and O–H groups in total. The molecular weight excluding hydrogens is 232 g/mol. The summed E-state index contributed by atoms with van der Waals surface area (Å²) < 4.78 is 5.00. The van der Waals surface area contributed by atoms with E-state index in [1.54, 1.807) is 13.0 Å². The summed E-state index contributed by atoms with van der Waals surface area (Å²) in [6.45, 7) is 1.22. The average Bonchev–Trinajstić information content (AvgIpc) is 2.25. The van der Waals surface area contributed by atoms with Crippen molar-refractivity contribution in [2.45, 2.75) is 13.3 Å². The van der Waals surface area contributed by atoms with Gasteiger partial charge in [-0.15, -0.1) is 0 Å². The summed E-state index contributed by atoms with van der Waals surface area (Å²) in [6.07, 6.45) is 0.324. The number of ketones is 1. The minimum absolute atomic E-state index is 0.114. The number of hydrogen-bond donors (Lipinski definition) is 1. The lowest BCUT2D eigenvalue weighted by molar-refractivity contribution is -0.139. The molecule has 5 heteroatoms. The zero-order valence-corrected chi connectivity index (χ0v) is 9.45. The second kappa shape index (κ2) is 5.51. The summed E-state index contributed by atoms with van der Waals surface area (Å²) in [4.78, 5) is 21.9. The van der Waals surface area contributed by atoms with Crippen LogP contribution in [-0.2, 0) is 4.79 Å². The zero-order chi connectivity index (χ0) is 12.1. The van der Waals surface area contributed by atoms with Crippen molar-refractivity contribution >= 4 is 23.4 Å². The summed E-state index contributed by atoms with van der Waals surface area (Å²) in [5, 5.41) is 8.88. The molecule has 1 rings (SSSR count). The van der Waals surface area contributed by atoms with Crippen LogP contribution in [0.2, 0.25) is 5.02 Å². The number of carboxylic acids is 1. The Morgan fingerprint density at radius 2 is 2.12 bits per heavy atom. The number of carbonyl (C=O) groups is 2. The highest BCUT2D eigenvalue weighted by Crippen LogP contribution is 2.24. The molecule has 0 radical (unpaired) electrons. The zero-order valence-electron chi connectivity index (χ0n) is 8.70. The highest BCUT2D eigenvalue weighted by atomic mass is 35.5. The fraction of sp³-hybridized carbons (Fsp3) is 0.273. The molecule has 0 aromatic heterocycles. The van der Waals surface area contributed by atoms with Crippen molar-refractivity contribution in [1.29, 1.82) is 0 Å². The molecule has 0 spiro atoms. The van der Waals surface area contributed by atoms with Crippen molar-refractivity contribution in [2.75, 3.05) is 6.61 Å². The standard InChI is InChI=1S/C11H11ClO4/c1-2-9(13)8-4-3-7(12)5-10(8)16-6-11(14)15/h3-5H,2,6H2,1H3,(H,14,15). The minimum Gasteiger partial charge on any atom is -0.481 e. The van der Waals surface area contributed by atoms with Crippen LogP contribution in [-0.4, -0.2) is 23.5 Å². The van der Waals surface area contributed by atoms with Crippen molar-refractivity contribution < 1.29 is 19.4 Å². The van der Waals surface area contributed by atoms with E-state index in [1.165, 1.54) is 12.1 Å². The van der Waals surface area contributed by atoms with Crippen LogP contribution in [0.25, 0.3) is 0 Å². The molecule has 86 valence electrons. The molecule has 0 saturated carbocycles. The summed E-state index contributed by atoms with van der Waals surface area (Å²) in [5.41, 5.74) is 0.355. The van der Waals surface area contributed by atoms with Gasteiger partial charge in [0.2, 0.25) is 0 Å². The molecular formula is C11H11ClO4. The SMILES string of the molecule is CCC(=O)c1ccc(Cl)cc1OCC(=O)O. The lowest BCUT2D eigenvalue weighted by Crippen LogP contribution is -2.11. The minimum atomic E-state index is -1.10. The maximum absolute atomic E-state index is 11.5. The number of carboxylic acid groups (broad SMARTS) is 1. The summed E-state index contributed by atoms with van der Waals surface area (Å²) in [7, 11) is 0. The second-order valence-electron chi connectivity index (χ2n) is 3.10. The van der Waals surface area contributed by atoms with Gasteiger partial charge >= 0.3 is 5.97 Å². The van der Waals surface area contributed by atoms with Gasteiger partial charge in [-0.25, -0.2) is 4.79 Å². The molecule has 0 bridgehead atoms. The molecule has 0 aliphatic rings. The predicted molar refractivity (Wildman–Crippen MR) is 59.2 cm³/mol. The maximum atomic E-state index is 11.5. The van der Waals surface area contributed by atoms with E-state index in [-0.39, 0.29) is 11.5 Å². The van der Waals surface area contributed by atoms with Crippen molar-refractivity contribution in [2.24, 2.45) is 0 Å². The van der Waals surface area contributed by atoms with Gasteiger partial charge in [0.1, 0.15) is 5.75 Å². The van der Waals surface area contributed by atoms with Gasteiger partial charge in [0.05, 0.1) is 5.56 Å². The van der Waals surface area contributed by atoms with E-state index < -0.39 is 12.6 Å². The highest BCUT2D eigenvalue weighted by molar-refractivity contribution is 6.30. The first kappa shape index (κ1) is 12.5. The third-order valence-electron chi connectivity index (χ3n) is 1.92. The number of hydrogen-bond acceptors (Lipinski definition) is 3. The number of halogens is 1. The van der Waals surface area contributed by atoms with Gasteiger partial charge in [-0.3, -0.25) is 4.79 Å². The molecule has 1 aromatic carbocycles. The lowest BCUT2D eigenvalue weighted by atomic mass is 10.1. The normalized spacial score (nSPS) is 9.88. The third-order valence-corrected chi connectivity index (χ3v) is 2.15.